The number of hydrogen-bond acceptors (Lipinski definition) is 4. The van der Waals surface area contributed by atoms with Crippen LogP contribution in [0.25, 0.3) is 22.2 Å². The van der Waals surface area contributed by atoms with Crippen molar-refractivity contribution in [2.75, 3.05) is 21.2 Å². The highest BCUT2D eigenvalue weighted by Gasteiger charge is 2.29. The number of amides is 1. The fourth-order valence-corrected chi connectivity index (χ4v) is 6.14. The summed E-state index contributed by atoms with van der Waals surface area (Å²) in [6.45, 7) is 4.07. The number of aromatic nitrogens is 4. The molecule has 7 nitrogen and oxygen atoms in total. The zero-order valence-corrected chi connectivity index (χ0v) is 23.1. The molecule has 0 bridgehead atoms. The molecule has 4 aromatic rings. The predicted octanol–water partition coefficient (Wildman–Crippen LogP) is 6.51. The number of aromatic amines is 1. The number of nitrogens with zero attached hydrogens (tertiary/aromatic N) is 4. The number of fused-ring (bicyclic) bond motifs is 1. The van der Waals surface area contributed by atoms with Crippen LogP contribution in [0.5, 0.6) is 5.75 Å². The molecule has 0 spiro atoms. The Kier molecular flexibility index (Phi) is 7.18. The zero-order valence-electron chi connectivity index (χ0n) is 22.4. The van der Waals surface area contributed by atoms with Gasteiger partial charge in [-0.15, -0.1) is 0 Å². The molecule has 3 aromatic heterocycles. The van der Waals surface area contributed by atoms with E-state index in [2.05, 4.69) is 27.6 Å². The third-order valence-electron chi connectivity index (χ3n) is 7.96. The molecule has 1 saturated carbocycles. The van der Waals surface area contributed by atoms with Crippen molar-refractivity contribution in [3.05, 3.63) is 64.5 Å². The first-order valence-corrected chi connectivity index (χ1v) is 13.3. The number of halogens is 2. The molecule has 1 aliphatic carbocycles. The van der Waals surface area contributed by atoms with Gasteiger partial charge in [0, 0.05) is 66.1 Å². The van der Waals surface area contributed by atoms with Gasteiger partial charge >= 0.3 is 0 Å². The molecule has 5 rings (SSSR count). The Morgan fingerprint density at radius 1 is 1.24 bits per heavy atom. The maximum Gasteiger partial charge on any atom is 0.225 e. The predicted molar refractivity (Wildman–Crippen MR) is 147 cm³/mol. The van der Waals surface area contributed by atoms with Crippen LogP contribution in [-0.2, 0) is 4.79 Å². The second-order valence-electron chi connectivity index (χ2n) is 10.4. The largest absolute Gasteiger partial charge is 0.496 e. The third kappa shape index (κ3) is 4.55. The fraction of sp³-hybridized carbons (Fsp3) is 0.414. The van der Waals surface area contributed by atoms with Crippen LogP contribution >= 0.6 is 11.6 Å². The maximum atomic E-state index is 14.4. The number of pyridine rings is 1. The number of carbonyl (C=O) groups excluding carboxylic acids is 1. The standard InChI is InChI=1S/C29H33ClFN5O2/c1-16(26-25(38-5)11-10-24(31)27(26)30)22-14-33-28-21(22)12-19(13-32-28)23-15-34-36(17(23)2)20-8-6-18(7-9-20)29(37)35(3)4/h10-16,18,20H,6-9H2,1-5H3,(H,32,33). The molecule has 1 aromatic carbocycles. The van der Waals surface area contributed by atoms with Gasteiger partial charge in [0.2, 0.25) is 5.91 Å². The molecular weight excluding hydrogens is 505 g/mol. The van der Waals surface area contributed by atoms with E-state index < -0.39 is 5.82 Å². The number of methoxy groups -OCH3 is 1. The lowest BCUT2D eigenvalue weighted by atomic mass is 9.85. The molecule has 0 saturated heterocycles. The van der Waals surface area contributed by atoms with Crippen LogP contribution in [0.2, 0.25) is 5.02 Å². The van der Waals surface area contributed by atoms with E-state index in [0.717, 1.165) is 59.1 Å². The SMILES string of the molecule is COc1ccc(F)c(Cl)c1C(C)c1c[nH]c2ncc(-c3cnn(C4CCC(C(=O)N(C)C)CC4)c3C)cc12. The Morgan fingerprint density at radius 2 is 1.97 bits per heavy atom. The van der Waals surface area contributed by atoms with E-state index in [4.69, 9.17) is 21.4 Å². The van der Waals surface area contributed by atoms with Crippen LogP contribution in [0.1, 0.15) is 61.4 Å². The van der Waals surface area contributed by atoms with Crippen LogP contribution in [0.4, 0.5) is 4.39 Å². The molecule has 1 fully saturated rings. The minimum Gasteiger partial charge on any atom is -0.496 e. The highest BCUT2D eigenvalue weighted by atomic mass is 35.5. The first-order valence-electron chi connectivity index (χ1n) is 13.0. The third-order valence-corrected chi connectivity index (χ3v) is 8.35. The van der Waals surface area contributed by atoms with E-state index in [1.165, 1.54) is 6.07 Å². The number of ether oxygens (including phenoxy) is 1. The summed E-state index contributed by atoms with van der Waals surface area (Å²) < 4.78 is 22.0. The Balaban J connectivity index is 1.45. The van der Waals surface area contributed by atoms with Crippen LogP contribution in [0, 0.1) is 18.7 Å². The van der Waals surface area contributed by atoms with Crippen molar-refractivity contribution in [3.63, 3.8) is 0 Å². The quantitative estimate of drug-likeness (QED) is 0.304. The van der Waals surface area contributed by atoms with Crippen molar-refractivity contribution in [2.45, 2.75) is 51.5 Å². The minimum absolute atomic E-state index is 0.0643. The summed E-state index contributed by atoms with van der Waals surface area (Å²) in [4.78, 5) is 22.0. The molecule has 1 atom stereocenters. The van der Waals surface area contributed by atoms with E-state index in [0.29, 0.717) is 11.3 Å². The lowest BCUT2D eigenvalue weighted by Gasteiger charge is -2.30. The summed E-state index contributed by atoms with van der Waals surface area (Å²) in [6, 6.07) is 5.30. The highest BCUT2D eigenvalue weighted by Crippen LogP contribution is 2.41. The van der Waals surface area contributed by atoms with Gasteiger partial charge in [-0.3, -0.25) is 9.48 Å². The lowest BCUT2D eigenvalue weighted by Crippen LogP contribution is -2.33. The maximum absolute atomic E-state index is 14.4. The van der Waals surface area contributed by atoms with Gasteiger partial charge < -0.3 is 14.6 Å². The van der Waals surface area contributed by atoms with E-state index in [9.17, 15) is 9.18 Å². The average molecular weight is 538 g/mol. The van der Waals surface area contributed by atoms with E-state index >= 15 is 0 Å². The Morgan fingerprint density at radius 3 is 2.66 bits per heavy atom. The molecule has 200 valence electrons. The summed E-state index contributed by atoms with van der Waals surface area (Å²) in [5, 5.41) is 5.75. The minimum atomic E-state index is -0.476. The Labute approximate surface area is 227 Å². The van der Waals surface area contributed by atoms with Gasteiger partial charge in [0.05, 0.1) is 24.4 Å². The molecule has 1 amide bonds. The summed E-state index contributed by atoms with van der Waals surface area (Å²) in [5.74, 6) is 0.150. The molecule has 1 N–H and O–H groups in total. The summed E-state index contributed by atoms with van der Waals surface area (Å²) in [5.41, 5.74) is 5.36. The van der Waals surface area contributed by atoms with Gasteiger partial charge in [0.15, 0.2) is 0 Å². The van der Waals surface area contributed by atoms with Gasteiger partial charge in [-0.25, -0.2) is 9.37 Å². The smallest absolute Gasteiger partial charge is 0.225 e. The summed E-state index contributed by atoms with van der Waals surface area (Å²) in [6.07, 6.45) is 9.26. The molecule has 0 radical (unpaired) electrons. The van der Waals surface area contributed by atoms with Gasteiger partial charge in [-0.05, 0) is 56.4 Å². The van der Waals surface area contributed by atoms with Crippen LogP contribution < -0.4 is 4.74 Å². The topological polar surface area (TPSA) is 76.0 Å². The molecule has 1 aliphatic rings. The second-order valence-corrected chi connectivity index (χ2v) is 10.8. The van der Waals surface area contributed by atoms with Crippen molar-refractivity contribution in [1.29, 1.82) is 0 Å². The highest BCUT2D eigenvalue weighted by molar-refractivity contribution is 6.31. The van der Waals surface area contributed by atoms with Crippen LogP contribution in [0.15, 0.2) is 36.8 Å². The van der Waals surface area contributed by atoms with Gasteiger partial charge in [-0.1, -0.05) is 18.5 Å². The van der Waals surface area contributed by atoms with Crippen molar-refractivity contribution in [1.82, 2.24) is 24.6 Å². The van der Waals surface area contributed by atoms with Crippen molar-refractivity contribution in [2.24, 2.45) is 5.92 Å². The number of H-pyrrole nitrogens is 1. The normalized spacial score (nSPS) is 18.5. The molecule has 9 heteroatoms. The van der Waals surface area contributed by atoms with Gasteiger partial charge in [-0.2, -0.15) is 5.10 Å². The second kappa shape index (κ2) is 10.4. The number of rotatable bonds is 6. The van der Waals surface area contributed by atoms with E-state index in [1.54, 1.807) is 18.1 Å². The number of nitrogens with one attached hydrogen (secondary N) is 1. The lowest BCUT2D eigenvalue weighted by molar-refractivity contribution is -0.134. The fourth-order valence-electron chi connectivity index (χ4n) is 5.82. The first kappa shape index (κ1) is 26.2. The molecule has 38 heavy (non-hydrogen) atoms. The monoisotopic (exact) mass is 537 g/mol. The Bertz CT molecular complexity index is 1490. The van der Waals surface area contributed by atoms with E-state index in [-0.39, 0.29) is 28.8 Å². The summed E-state index contributed by atoms with van der Waals surface area (Å²) >= 11 is 6.39. The van der Waals surface area contributed by atoms with Gasteiger partial charge in [0.1, 0.15) is 17.2 Å². The van der Waals surface area contributed by atoms with Gasteiger partial charge in [0.25, 0.3) is 0 Å². The number of carbonyl (C=O) groups is 1. The van der Waals surface area contributed by atoms with Crippen molar-refractivity contribution < 1.29 is 13.9 Å². The Hall–Kier alpha value is -3.39. The van der Waals surface area contributed by atoms with E-state index in [1.807, 2.05) is 39.6 Å². The number of hydrogen-bond donors (Lipinski definition) is 1. The molecular formula is C29H33ClFN5O2. The van der Waals surface area contributed by atoms with Crippen LogP contribution in [-0.4, -0.2) is 51.8 Å². The zero-order chi connectivity index (χ0) is 27.1. The van der Waals surface area contributed by atoms with Crippen molar-refractivity contribution in [3.8, 4) is 16.9 Å². The summed E-state index contributed by atoms with van der Waals surface area (Å²) in [7, 11) is 5.20. The van der Waals surface area contributed by atoms with Crippen LogP contribution in [0.3, 0.4) is 0 Å². The molecule has 3 heterocycles. The van der Waals surface area contributed by atoms with Crippen molar-refractivity contribution >= 4 is 28.5 Å². The molecule has 1 unspecified atom stereocenters. The molecule has 0 aliphatic heterocycles. The average Bonchev–Trinajstić information content (AvgIpc) is 3.52. The first-order chi connectivity index (χ1) is 18.2. The number of benzene rings is 1.